The Morgan fingerprint density at radius 2 is 1.97 bits per heavy atom. The summed E-state index contributed by atoms with van der Waals surface area (Å²) in [5.41, 5.74) is 2.22. The van der Waals surface area contributed by atoms with Gasteiger partial charge in [0.15, 0.2) is 0 Å². The van der Waals surface area contributed by atoms with Gasteiger partial charge in [0.1, 0.15) is 5.75 Å². The summed E-state index contributed by atoms with van der Waals surface area (Å²) in [6.45, 7) is 6.66. The molecule has 1 saturated heterocycles. The van der Waals surface area contributed by atoms with Gasteiger partial charge in [0.25, 0.3) is 0 Å². The fourth-order valence-corrected chi connectivity index (χ4v) is 5.42. The number of nitrogens with one attached hydrogen (secondary N) is 1. The van der Waals surface area contributed by atoms with Crippen molar-refractivity contribution in [1.29, 1.82) is 0 Å². The fourth-order valence-electron chi connectivity index (χ4n) is 3.59. The van der Waals surface area contributed by atoms with E-state index in [2.05, 4.69) is 5.32 Å². The van der Waals surface area contributed by atoms with Gasteiger partial charge in [0.05, 0.1) is 23.1 Å². The van der Waals surface area contributed by atoms with Crippen LogP contribution in [0.1, 0.15) is 30.9 Å². The van der Waals surface area contributed by atoms with Crippen molar-refractivity contribution in [1.82, 2.24) is 4.31 Å². The molecule has 1 heterocycles. The third-order valence-corrected chi connectivity index (χ3v) is 7.17. The Hall–Kier alpha value is -2.38. The number of nitrogens with zero attached hydrogens (tertiary/aromatic N) is 1. The molecular weight excluding hydrogens is 388 g/mol. The zero-order valence-electron chi connectivity index (χ0n) is 17.1. The maximum absolute atomic E-state index is 13.2. The van der Waals surface area contributed by atoms with Crippen molar-refractivity contribution in [2.24, 2.45) is 5.92 Å². The molecule has 29 heavy (non-hydrogen) atoms. The maximum Gasteiger partial charge on any atom is 0.243 e. The number of sulfonamides is 1. The summed E-state index contributed by atoms with van der Waals surface area (Å²) in [4.78, 5) is 13.2. The van der Waals surface area contributed by atoms with E-state index >= 15 is 0 Å². The maximum atomic E-state index is 13.2. The van der Waals surface area contributed by atoms with Crippen molar-refractivity contribution in [2.45, 2.75) is 38.5 Å². The molecule has 0 aromatic heterocycles. The van der Waals surface area contributed by atoms with Gasteiger partial charge in [0.2, 0.25) is 15.9 Å². The first kappa shape index (κ1) is 21.3. The van der Waals surface area contributed by atoms with E-state index in [0.29, 0.717) is 47.9 Å². The minimum atomic E-state index is -3.64. The molecule has 7 heteroatoms. The van der Waals surface area contributed by atoms with Crippen LogP contribution in [-0.4, -0.2) is 38.3 Å². The molecule has 2 aromatic rings. The molecule has 0 bridgehead atoms. The van der Waals surface area contributed by atoms with Crippen LogP contribution in [-0.2, 0) is 14.8 Å². The number of hydrogen-bond acceptors (Lipinski definition) is 4. The number of piperidine rings is 1. The van der Waals surface area contributed by atoms with Gasteiger partial charge in [-0.15, -0.1) is 0 Å². The third kappa shape index (κ3) is 4.79. The monoisotopic (exact) mass is 416 g/mol. The number of carbonyl (C=O) groups is 1. The van der Waals surface area contributed by atoms with Crippen molar-refractivity contribution in [3.8, 4) is 5.75 Å². The smallest absolute Gasteiger partial charge is 0.243 e. The van der Waals surface area contributed by atoms with Crippen LogP contribution in [0, 0.1) is 19.8 Å². The zero-order valence-corrected chi connectivity index (χ0v) is 18.0. The molecule has 1 amide bonds. The van der Waals surface area contributed by atoms with E-state index in [1.54, 1.807) is 25.1 Å². The number of hydrogen-bond donors (Lipinski definition) is 1. The molecule has 1 fully saturated rings. The first-order valence-electron chi connectivity index (χ1n) is 9.93. The predicted molar refractivity (Wildman–Crippen MR) is 114 cm³/mol. The van der Waals surface area contributed by atoms with E-state index < -0.39 is 15.9 Å². The molecule has 0 unspecified atom stereocenters. The summed E-state index contributed by atoms with van der Waals surface area (Å²) in [5.74, 6) is 0.0235. The lowest BCUT2D eigenvalue weighted by atomic mass is 9.98. The predicted octanol–water partition coefficient (Wildman–Crippen LogP) is 3.74. The van der Waals surface area contributed by atoms with Crippen LogP contribution < -0.4 is 10.1 Å². The van der Waals surface area contributed by atoms with Crippen molar-refractivity contribution in [2.75, 3.05) is 25.0 Å². The number of aryl methyl sites for hydroxylation is 2. The van der Waals surface area contributed by atoms with Crippen LogP contribution in [0.25, 0.3) is 0 Å². The Morgan fingerprint density at radius 1 is 1.21 bits per heavy atom. The molecule has 1 N–H and O–H groups in total. The highest BCUT2D eigenvalue weighted by Crippen LogP contribution is 2.29. The molecule has 1 aliphatic heterocycles. The van der Waals surface area contributed by atoms with Crippen LogP contribution in [0.4, 0.5) is 5.69 Å². The molecule has 3 rings (SSSR count). The van der Waals surface area contributed by atoms with Crippen LogP contribution >= 0.6 is 0 Å². The topological polar surface area (TPSA) is 75.7 Å². The average Bonchev–Trinajstić information content (AvgIpc) is 2.71. The van der Waals surface area contributed by atoms with E-state index in [1.165, 1.54) is 4.31 Å². The van der Waals surface area contributed by atoms with E-state index in [0.717, 1.165) is 5.56 Å². The van der Waals surface area contributed by atoms with E-state index in [9.17, 15) is 13.2 Å². The van der Waals surface area contributed by atoms with E-state index in [1.807, 2.05) is 38.1 Å². The number of rotatable bonds is 6. The van der Waals surface area contributed by atoms with Crippen LogP contribution in [0.15, 0.2) is 47.4 Å². The summed E-state index contributed by atoms with van der Waals surface area (Å²) in [6.07, 6.45) is 1.30. The third-order valence-electron chi connectivity index (χ3n) is 5.16. The summed E-state index contributed by atoms with van der Waals surface area (Å²) in [5, 5.41) is 2.91. The molecule has 1 aliphatic rings. The van der Waals surface area contributed by atoms with Crippen LogP contribution in [0.5, 0.6) is 5.75 Å². The number of benzene rings is 2. The summed E-state index contributed by atoms with van der Waals surface area (Å²) in [6, 6.07) is 12.7. The second-order valence-electron chi connectivity index (χ2n) is 7.39. The molecule has 0 saturated carbocycles. The molecule has 0 aliphatic carbocycles. The van der Waals surface area contributed by atoms with E-state index in [4.69, 9.17) is 4.74 Å². The Kier molecular flexibility index (Phi) is 6.59. The Morgan fingerprint density at radius 3 is 2.72 bits per heavy atom. The number of para-hydroxylation sites is 2. The normalized spacial score (nSPS) is 17.7. The summed E-state index contributed by atoms with van der Waals surface area (Å²) in [7, 11) is -3.64. The van der Waals surface area contributed by atoms with Crippen molar-refractivity contribution in [3.05, 3.63) is 53.6 Å². The van der Waals surface area contributed by atoms with Crippen molar-refractivity contribution < 1.29 is 17.9 Å². The first-order valence-corrected chi connectivity index (χ1v) is 11.4. The Bertz CT molecular complexity index is 988. The molecule has 0 radical (unpaired) electrons. The minimum absolute atomic E-state index is 0.179. The van der Waals surface area contributed by atoms with Gasteiger partial charge in [-0.25, -0.2) is 8.42 Å². The molecule has 2 aromatic carbocycles. The number of anilines is 1. The van der Waals surface area contributed by atoms with Gasteiger partial charge < -0.3 is 10.1 Å². The van der Waals surface area contributed by atoms with Gasteiger partial charge in [-0.1, -0.05) is 24.3 Å². The highest BCUT2D eigenvalue weighted by Gasteiger charge is 2.34. The van der Waals surface area contributed by atoms with Crippen LogP contribution in [0.3, 0.4) is 0 Å². The summed E-state index contributed by atoms with van der Waals surface area (Å²) >= 11 is 0. The Balaban J connectivity index is 1.77. The summed E-state index contributed by atoms with van der Waals surface area (Å²) < 4.78 is 33.4. The highest BCUT2D eigenvalue weighted by atomic mass is 32.2. The highest BCUT2D eigenvalue weighted by molar-refractivity contribution is 7.89. The van der Waals surface area contributed by atoms with Gasteiger partial charge in [-0.2, -0.15) is 4.31 Å². The molecule has 156 valence electrons. The Labute approximate surface area is 172 Å². The fraction of sp³-hybridized carbons (Fsp3) is 0.409. The van der Waals surface area contributed by atoms with Gasteiger partial charge >= 0.3 is 0 Å². The number of ether oxygens (including phenoxy) is 1. The second-order valence-corrected chi connectivity index (χ2v) is 9.30. The lowest BCUT2D eigenvalue weighted by Crippen LogP contribution is -2.43. The van der Waals surface area contributed by atoms with Gasteiger partial charge in [-0.3, -0.25) is 4.79 Å². The standard InChI is InChI=1S/C22H28N2O4S/c1-4-28-20-10-6-5-9-19(20)23-22(25)18-8-7-13-24(15-18)29(26,27)21-14-16(2)11-12-17(21)3/h5-6,9-12,14,18H,4,7-8,13,15H2,1-3H3,(H,23,25)/t18-/m0/s1. The SMILES string of the molecule is CCOc1ccccc1NC(=O)[C@H]1CCCN(S(=O)(=O)c2cc(C)ccc2C)C1. The van der Waals surface area contributed by atoms with Gasteiger partial charge in [0, 0.05) is 13.1 Å². The van der Waals surface area contributed by atoms with Crippen molar-refractivity contribution in [3.63, 3.8) is 0 Å². The quantitative estimate of drug-likeness (QED) is 0.778. The largest absolute Gasteiger partial charge is 0.492 e. The van der Waals surface area contributed by atoms with Gasteiger partial charge in [-0.05, 0) is 62.9 Å². The van der Waals surface area contributed by atoms with Crippen LogP contribution in [0.2, 0.25) is 0 Å². The number of amides is 1. The van der Waals surface area contributed by atoms with Crippen molar-refractivity contribution >= 4 is 21.6 Å². The zero-order chi connectivity index (χ0) is 21.0. The lowest BCUT2D eigenvalue weighted by Gasteiger charge is -2.31. The molecule has 0 spiro atoms. The molecular formula is C22H28N2O4S. The van der Waals surface area contributed by atoms with E-state index in [-0.39, 0.29) is 12.5 Å². The lowest BCUT2D eigenvalue weighted by molar-refractivity contribution is -0.120. The number of carbonyl (C=O) groups excluding carboxylic acids is 1. The molecule has 6 nitrogen and oxygen atoms in total. The average molecular weight is 417 g/mol. The minimum Gasteiger partial charge on any atom is -0.492 e. The first-order chi connectivity index (χ1) is 13.8. The second kappa shape index (κ2) is 8.97. The molecule has 1 atom stereocenters.